The van der Waals surface area contributed by atoms with Crippen LogP contribution in [-0.4, -0.2) is 43.5 Å². The summed E-state index contributed by atoms with van der Waals surface area (Å²) in [6.07, 6.45) is 6.01. The van der Waals surface area contributed by atoms with E-state index in [4.69, 9.17) is 9.47 Å². The van der Waals surface area contributed by atoms with Gasteiger partial charge in [0, 0.05) is 13.1 Å². The van der Waals surface area contributed by atoms with Crippen LogP contribution in [-0.2, 0) is 9.47 Å². The molecule has 0 radical (unpaired) electrons. The van der Waals surface area contributed by atoms with Gasteiger partial charge in [0.25, 0.3) is 0 Å². The summed E-state index contributed by atoms with van der Waals surface area (Å²) in [6, 6.07) is 0. The maximum atomic E-state index is 5.89. The Kier molecular flexibility index (Phi) is 4.62. The molecule has 2 aliphatic rings. The number of hydrogen-bond donors (Lipinski definition) is 0. The van der Waals surface area contributed by atoms with E-state index in [0.717, 1.165) is 32.3 Å². The van der Waals surface area contributed by atoms with Crippen molar-refractivity contribution in [2.75, 3.05) is 26.4 Å². The van der Waals surface area contributed by atoms with Crippen LogP contribution in [0.1, 0.15) is 39.5 Å². The minimum Gasteiger partial charge on any atom is -0.375 e. The molecule has 2 fully saturated rings. The smallest absolute Gasteiger partial charge is 0.0996 e. The molecular weight excluding hydrogens is 202 g/mol. The minimum atomic E-state index is 0.305. The number of nitrogens with zero attached hydrogens (tertiary/aromatic N) is 1. The summed E-state index contributed by atoms with van der Waals surface area (Å²) in [5.41, 5.74) is 0. The summed E-state index contributed by atoms with van der Waals surface area (Å²) in [4.78, 5) is 2.38. The highest BCUT2D eigenvalue weighted by Gasteiger charge is 2.25. The van der Waals surface area contributed by atoms with E-state index in [9.17, 15) is 0 Å². The monoisotopic (exact) mass is 227 g/mol. The SMILES string of the molecule is CC(C)CN1COC(COC2CCCC2)C1. The van der Waals surface area contributed by atoms with Crippen molar-refractivity contribution in [2.24, 2.45) is 5.92 Å². The molecule has 1 atom stereocenters. The van der Waals surface area contributed by atoms with E-state index in [2.05, 4.69) is 18.7 Å². The third kappa shape index (κ3) is 3.72. The predicted molar refractivity (Wildman–Crippen MR) is 64.4 cm³/mol. The van der Waals surface area contributed by atoms with Crippen molar-refractivity contribution in [2.45, 2.75) is 51.7 Å². The van der Waals surface area contributed by atoms with Gasteiger partial charge in [-0.05, 0) is 18.8 Å². The summed E-state index contributed by atoms with van der Waals surface area (Å²) in [7, 11) is 0. The van der Waals surface area contributed by atoms with Gasteiger partial charge in [0.1, 0.15) is 0 Å². The Bertz CT molecular complexity index is 202. The Morgan fingerprint density at radius 2 is 2.06 bits per heavy atom. The standard InChI is InChI=1S/C13H25NO2/c1-11(2)7-14-8-13(16-10-14)9-15-12-5-3-4-6-12/h11-13H,3-10H2,1-2H3. The topological polar surface area (TPSA) is 21.7 Å². The molecule has 2 rings (SSSR count). The highest BCUT2D eigenvalue weighted by Crippen LogP contribution is 2.22. The average molecular weight is 227 g/mol. The molecule has 94 valence electrons. The predicted octanol–water partition coefficient (Wildman–Crippen LogP) is 2.26. The molecule has 0 bridgehead atoms. The molecule has 0 amide bonds. The second kappa shape index (κ2) is 5.99. The van der Waals surface area contributed by atoms with Crippen molar-refractivity contribution >= 4 is 0 Å². The number of hydrogen-bond acceptors (Lipinski definition) is 3. The van der Waals surface area contributed by atoms with Crippen LogP contribution in [0.25, 0.3) is 0 Å². The Balaban J connectivity index is 1.60. The van der Waals surface area contributed by atoms with Crippen molar-refractivity contribution in [1.82, 2.24) is 4.90 Å². The van der Waals surface area contributed by atoms with Gasteiger partial charge in [-0.1, -0.05) is 26.7 Å². The second-order valence-corrected chi connectivity index (χ2v) is 5.59. The largest absolute Gasteiger partial charge is 0.375 e. The third-order valence-electron chi connectivity index (χ3n) is 3.40. The van der Waals surface area contributed by atoms with Crippen molar-refractivity contribution < 1.29 is 9.47 Å². The van der Waals surface area contributed by atoms with E-state index in [1.54, 1.807) is 0 Å². The van der Waals surface area contributed by atoms with Crippen molar-refractivity contribution in [3.63, 3.8) is 0 Å². The van der Waals surface area contributed by atoms with Crippen LogP contribution >= 0.6 is 0 Å². The van der Waals surface area contributed by atoms with E-state index < -0.39 is 0 Å². The lowest BCUT2D eigenvalue weighted by molar-refractivity contribution is -0.0165. The molecule has 1 aliphatic carbocycles. The zero-order valence-corrected chi connectivity index (χ0v) is 10.7. The summed E-state index contributed by atoms with van der Waals surface area (Å²) in [6.45, 7) is 8.27. The molecule has 3 heteroatoms. The van der Waals surface area contributed by atoms with Gasteiger partial charge < -0.3 is 9.47 Å². The van der Waals surface area contributed by atoms with Crippen molar-refractivity contribution in [3.05, 3.63) is 0 Å². The average Bonchev–Trinajstić information content (AvgIpc) is 2.84. The Labute approximate surface area is 99.1 Å². The number of rotatable bonds is 5. The highest BCUT2D eigenvalue weighted by molar-refractivity contribution is 4.73. The van der Waals surface area contributed by atoms with Gasteiger partial charge >= 0.3 is 0 Å². The van der Waals surface area contributed by atoms with Crippen LogP contribution in [0.3, 0.4) is 0 Å². The molecule has 0 aromatic carbocycles. The van der Waals surface area contributed by atoms with Gasteiger partial charge in [-0.25, -0.2) is 0 Å². The zero-order chi connectivity index (χ0) is 11.4. The van der Waals surface area contributed by atoms with Crippen LogP contribution in [0, 0.1) is 5.92 Å². The molecule has 3 nitrogen and oxygen atoms in total. The van der Waals surface area contributed by atoms with E-state index >= 15 is 0 Å². The molecule has 1 saturated heterocycles. The minimum absolute atomic E-state index is 0.305. The Hall–Kier alpha value is -0.120. The van der Waals surface area contributed by atoms with Crippen LogP contribution in [0.2, 0.25) is 0 Å². The first-order chi connectivity index (χ1) is 7.74. The molecule has 1 saturated carbocycles. The van der Waals surface area contributed by atoms with Gasteiger partial charge in [-0.3, -0.25) is 4.90 Å². The number of ether oxygens (including phenoxy) is 2. The molecule has 0 spiro atoms. The van der Waals surface area contributed by atoms with Gasteiger partial charge in [0.05, 0.1) is 25.5 Å². The third-order valence-corrected chi connectivity index (χ3v) is 3.40. The Morgan fingerprint density at radius 1 is 1.31 bits per heavy atom. The summed E-state index contributed by atoms with van der Waals surface area (Å²) < 4.78 is 11.6. The quantitative estimate of drug-likeness (QED) is 0.719. The van der Waals surface area contributed by atoms with Crippen molar-refractivity contribution in [3.8, 4) is 0 Å². The summed E-state index contributed by atoms with van der Waals surface area (Å²) in [5.74, 6) is 0.720. The van der Waals surface area contributed by atoms with E-state index in [-0.39, 0.29) is 0 Å². The molecule has 0 N–H and O–H groups in total. The molecular formula is C13H25NO2. The van der Waals surface area contributed by atoms with Crippen LogP contribution in [0.5, 0.6) is 0 Å². The van der Waals surface area contributed by atoms with Crippen molar-refractivity contribution in [1.29, 1.82) is 0 Å². The normalized spacial score (nSPS) is 28.3. The van der Waals surface area contributed by atoms with Crippen LogP contribution in [0.4, 0.5) is 0 Å². The zero-order valence-electron chi connectivity index (χ0n) is 10.7. The summed E-state index contributed by atoms with van der Waals surface area (Å²) in [5, 5.41) is 0. The van der Waals surface area contributed by atoms with E-state index in [1.807, 2.05) is 0 Å². The molecule has 16 heavy (non-hydrogen) atoms. The molecule has 1 aliphatic heterocycles. The van der Waals surface area contributed by atoms with Crippen LogP contribution < -0.4 is 0 Å². The fourth-order valence-electron chi connectivity index (χ4n) is 2.65. The fraction of sp³-hybridized carbons (Fsp3) is 1.00. The van der Waals surface area contributed by atoms with Gasteiger partial charge in [0.15, 0.2) is 0 Å². The molecule has 1 unspecified atom stereocenters. The Morgan fingerprint density at radius 3 is 2.75 bits per heavy atom. The highest BCUT2D eigenvalue weighted by atomic mass is 16.6. The maximum absolute atomic E-state index is 5.89. The second-order valence-electron chi connectivity index (χ2n) is 5.59. The first-order valence-corrected chi connectivity index (χ1v) is 6.69. The lowest BCUT2D eigenvalue weighted by atomic mass is 10.2. The lowest BCUT2D eigenvalue weighted by Gasteiger charge is -2.17. The molecule has 0 aromatic heterocycles. The first-order valence-electron chi connectivity index (χ1n) is 6.69. The summed E-state index contributed by atoms with van der Waals surface area (Å²) >= 11 is 0. The first kappa shape index (κ1) is 12.3. The van der Waals surface area contributed by atoms with Gasteiger partial charge in [-0.15, -0.1) is 0 Å². The lowest BCUT2D eigenvalue weighted by Crippen LogP contribution is -2.28. The van der Waals surface area contributed by atoms with E-state index in [0.29, 0.717) is 12.2 Å². The molecule has 1 heterocycles. The van der Waals surface area contributed by atoms with Gasteiger partial charge in [-0.2, -0.15) is 0 Å². The van der Waals surface area contributed by atoms with Gasteiger partial charge in [0.2, 0.25) is 0 Å². The van der Waals surface area contributed by atoms with E-state index in [1.165, 1.54) is 25.7 Å². The fourth-order valence-corrected chi connectivity index (χ4v) is 2.65. The maximum Gasteiger partial charge on any atom is 0.0996 e. The van der Waals surface area contributed by atoms with Crippen LogP contribution in [0.15, 0.2) is 0 Å². The molecule has 0 aromatic rings.